The maximum Gasteiger partial charge on any atom is 0.123 e. The van der Waals surface area contributed by atoms with Gasteiger partial charge in [-0.15, -0.1) is 23.8 Å². The number of halogens is 1. The molecule has 3 heterocycles. The van der Waals surface area contributed by atoms with Crippen LogP contribution in [0.2, 0.25) is 17.3 Å². The Morgan fingerprint density at radius 1 is 0.902 bits per heavy atom. The topological polar surface area (TPSA) is 25.8 Å². The van der Waals surface area contributed by atoms with Gasteiger partial charge in [0.2, 0.25) is 0 Å². The molecule has 0 atom stereocenters. The van der Waals surface area contributed by atoms with Crippen molar-refractivity contribution in [3.63, 3.8) is 0 Å². The van der Waals surface area contributed by atoms with Crippen LogP contribution < -0.4 is 4.40 Å². The smallest absolute Gasteiger partial charge is 0.123 e. The minimum atomic E-state index is -1.77. The van der Waals surface area contributed by atoms with Crippen LogP contribution in [0.15, 0.2) is 85.2 Å². The molecule has 3 aromatic carbocycles. The standard InChI is InChI=1S/C20H15FNS.C15H18GeN.Ir/c1-12(2)13-8-9-22-18(10-13)16-5-3-4-15-17-11-14(21)6-7-19(17)23-20(15)16;1-12-10-15(13-8-6-5-7-9-13)17-11-14(12)16(2,3)4;/h3-4,6-12H,1-2H3;5-8,10-11H,1-4H3;/q2*-1;/i12D;;. The molecule has 3 aromatic heterocycles. The molecule has 0 saturated heterocycles. The molecule has 0 aliphatic rings. The van der Waals surface area contributed by atoms with Crippen LogP contribution in [-0.2, 0) is 20.1 Å². The average molecular weight is 799 g/mol. The summed E-state index contributed by atoms with van der Waals surface area (Å²) in [4.78, 5) is 9.07. The van der Waals surface area contributed by atoms with Gasteiger partial charge in [-0.2, -0.15) is 11.3 Å². The van der Waals surface area contributed by atoms with Crippen molar-refractivity contribution in [2.75, 3.05) is 0 Å². The molecule has 0 bridgehead atoms. The van der Waals surface area contributed by atoms with Gasteiger partial charge in [-0.25, -0.2) is 4.39 Å². The van der Waals surface area contributed by atoms with Crippen LogP contribution in [0.4, 0.5) is 4.39 Å². The van der Waals surface area contributed by atoms with Gasteiger partial charge in [-0.05, 0) is 45.9 Å². The second-order valence-electron chi connectivity index (χ2n) is 11.2. The van der Waals surface area contributed by atoms with E-state index < -0.39 is 19.2 Å². The molecule has 6 rings (SSSR count). The second-order valence-corrected chi connectivity index (χ2v) is 22.8. The molecule has 211 valence electrons. The molecule has 0 unspecified atom stereocenters. The number of aryl methyl sites for hydroxylation is 1. The Morgan fingerprint density at radius 2 is 1.71 bits per heavy atom. The van der Waals surface area contributed by atoms with Gasteiger partial charge in [0, 0.05) is 32.4 Å². The molecule has 0 aliphatic heterocycles. The molecule has 0 aliphatic carbocycles. The van der Waals surface area contributed by atoms with Gasteiger partial charge in [0.25, 0.3) is 0 Å². The van der Waals surface area contributed by atoms with E-state index in [-0.39, 0.29) is 25.9 Å². The number of hydrogen-bond acceptors (Lipinski definition) is 3. The van der Waals surface area contributed by atoms with Crippen LogP contribution in [0, 0.1) is 24.9 Å². The first kappa shape index (κ1) is 29.8. The SMILES string of the molecule is Cc1cc(-c2[c-]cccc2)nc[c]1[Ge]([CH3])([CH3])[CH3].[2H]C(C)(C)c1ccnc(-c2[c-]ccc3c2sc2ccc(F)cc23)c1.[Ir]. The molecule has 1 radical (unpaired) electrons. The number of benzene rings is 3. The summed E-state index contributed by atoms with van der Waals surface area (Å²) < 4.78 is 25.4. The zero-order valence-electron chi connectivity index (χ0n) is 25.1. The fraction of sp³-hybridized carbons (Fsp3) is 0.200. The van der Waals surface area contributed by atoms with E-state index in [1.165, 1.54) is 16.0 Å². The molecular formula is C35H33FGeIrN2S-2. The maximum atomic E-state index is 13.6. The normalized spacial score (nSPS) is 11.9. The van der Waals surface area contributed by atoms with Gasteiger partial charge >= 0.3 is 106 Å². The van der Waals surface area contributed by atoms with Crippen molar-refractivity contribution in [1.29, 1.82) is 0 Å². The zero-order chi connectivity index (χ0) is 29.4. The first-order valence-electron chi connectivity index (χ1n) is 13.9. The predicted molar refractivity (Wildman–Crippen MR) is 172 cm³/mol. The van der Waals surface area contributed by atoms with E-state index in [2.05, 4.69) is 64.6 Å². The van der Waals surface area contributed by atoms with E-state index in [1.807, 2.05) is 62.4 Å². The number of aromatic nitrogens is 2. The number of thiophene rings is 1. The van der Waals surface area contributed by atoms with Crippen molar-refractivity contribution in [2.24, 2.45) is 0 Å². The predicted octanol–water partition coefficient (Wildman–Crippen LogP) is 9.58. The van der Waals surface area contributed by atoms with Crippen LogP contribution in [0.5, 0.6) is 0 Å². The third-order valence-corrected chi connectivity index (χ3v) is 12.6. The largest absolute Gasteiger partial charge is 0.305 e. The molecule has 6 heteroatoms. The maximum absolute atomic E-state index is 13.6. The third-order valence-electron chi connectivity index (χ3n) is 6.89. The monoisotopic (exact) mass is 800 g/mol. The Balaban J connectivity index is 0.000000200. The van der Waals surface area contributed by atoms with Gasteiger partial charge in [0.05, 0.1) is 0 Å². The molecule has 6 aromatic rings. The van der Waals surface area contributed by atoms with Crippen LogP contribution in [-0.4, -0.2) is 23.2 Å². The Morgan fingerprint density at radius 3 is 2.39 bits per heavy atom. The second kappa shape index (κ2) is 13.1. The van der Waals surface area contributed by atoms with Crippen molar-refractivity contribution in [1.82, 2.24) is 9.97 Å². The van der Waals surface area contributed by atoms with Gasteiger partial charge in [-0.1, -0.05) is 30.9 Å². The summed E-state index contributed by atoms with van der Waals surface area (Å²) in [6.07, 6.45) is 3.81. The Labute approximate surface area is 264 Å². The van der Waals surface area contributed by atoms with Crippen LogP contribution >= 0.6 is 11.3 Å². The van der Waals surface area contributed by atoms with E-state index in [0.717, 1.165) is 48.3 Å². The molecule has 2 nitrogen and oxygen atoms in total. The molecule has 0 amide bonds. The van der Waals surface area contributed by atoms with Gasteiger partial charge < -0.3 is 4.98 Å². The van der Waals surface area contributed by atoms with Crippen LogP contribution in [0.3, 0.4) is 0 Å². The summed E-state index contributed by atoms with van der Waals surface area (Å²) in [6.45, 7) is 5.91. The summed E-state index contributed by atoms with van der Waals surface area (Å²) in [5.41, 5.74) is 6.08. The van der Waals surface area contributed by atoms with E-state index in [4.69, 9.17) is 1.37 Å². The van der Waals surface area contributed by atoms with Crippen LogP contribution in [0.25, 0.3) is 42.7 Å². The first-order chi connectivity index (χ1) is 19.4. The fourth-order valence-electron chi connectivity index (χ4n) is 4.82. The third kappa shape index (κ3) is 7.03. The number of nitrogens with zero attached hydrogens (tertiary/aromatic N) is 2. The molecule has 0 saturated carbocycles. The fourth-order valence-corrected chi connectivity index (χ4v) is 9.59. The summed E-state index contributed by atoms with van der Waals surface area (Å²) in [5, 5.41) is 1.93. The Bertz CT molecular complexity index is 1840. The van der Waals surface area contributed by atoms with Crippen LogP contribution in [0.1, 0.15) is 32.2 Å². The number of fused-ring (bicyclic) bond motifs is 3. The summed E-state index contributed by atoms with van der Waals surface area (Å²) >= 11 is -0.152. The minimum absolute atomic E-state index is 0. The molecule has 0 N–H and O–H groups in total. The number of rotatable bonds is 4. The Kier molecular flexibility index (Phi) is 9.50. The van der Waals surface area contributed by atoms with Gasteiger partial charge in [0.1, 0.15) is 5.82 Å². The zero-order valence-corrected chi connectivity index (χ0v) is 29.4. The van der Waals surface area contributed by atoms with E-state index in [0.29, 0.717) is 0 Å². The molecular weight excluding hydrogens is 764 g/mol. The molecule has 0 fully saturated rings. The van der Waals surface area contributed by atoms with Crippen molar-refractivity contribution < 1.29 is 25.9 Å². The van der Waals surface area contributed by atoms with Gasteiger partial charge in [-0.3, -0.25) is 0 Å². The minimum Gasteiger partial charge on any atom is -0.305 e. The van der Waals surface area contributed by atoms with E-state index >= 15 is 0 Å². The number of hydrogen-bond donors (Lipinski definition) is 0. The van der Waals surface area contributed by atoms with E-state index in [9.17, 15) is 4.39 Å². The summed E-state index contributed by atoms with van der Waals surface area (Å²) in [7, 11) is 0. The number of pyridine rings is 2. The Hall–Kier alpha value is -2.70. The van der Waals surface area contributed by atoms with E-state index in [1.54, 1.807) is 23.6 Å². The average Bonchev–Trinajstić information content (AvgIpc) is 3.31. The van der Waals surface area contributed by atoms with Crippen molar-refractivity contribution in [3.8, 4) is 22.5 Å². The summed E-state index contributed by atoms with van der Waals surface area (Å²) in [5.74, 6) is 6.29. The molecule has 0 spiro atoms. The van der Waals surface area contributed by atoms with Crippen molar-refractivity contribution >= 4 is 49.2 Å². The van der Waals surface area contributed by atoms with Crippen molar-refractivity contribution in [3.05, 3.63) is 114 Å². The first-order valence-corrected chi connectivity index (χ1v) is 21.5. The molecule has 41 heavy (non-hydrogen) atoms. The van der Waals surface area contributed by atoms with Gasteiger partial charge in [0.15, 0.2) is 0 Å². The van der Waals surface area contributed by atoms with Crippen molar-refractivity contribution in [2.45, 2.75) is 43.9 Å². The summed E-state index contributed by atoms with van der Waals surface area (Å²) in [6, 6.07) is 29.2. The quantitative estimate of drug-likeness (QED) is 0.131.